The third kappa shape index (κ3) is 4.92. The van der Waals surface area contributed by atoms with Gasteiger partial charge >= 0.3 is 0 Å². The summed E-state index contributed by atoms with van der Waals surface area (Å²) in [7, 11) is 2.08. The summed E-state index contributed by atoms with van der Waals surface area (Å²) >= 11 is 6.53. The molecule has 0 bridgehead atoms. The summed E-state index contributed by atoms with van der Waals surface area (Å²) in [5, 5.41) is 18.2. The highest BCUT2D eigenvalue weighted by atomic mass is 35.5. The maximum absolute atomic E-state index is 14.8. The monoisotopic (exact) mass is 592 g/mol. The third-order valence-electron chi connectivity index (χ3n) is 8.82. The first-order chi connectivity index (χ1) is 20.3. The summed E-state index contributed by atoms with van der Waals surface area (Å²) in [5.41, 5.74) is 4.10. The highest BCUT2D eigenvalue weighted by Crippen LogP contribution is 2.42. The number of likely N-dealkylation sites (tertiary alicyclic amines) is 1. The first-order valence-corrected chi connectivity index (χ1v) is 14.7. The minimum absolute atomic E-state index is 0.0406. The van der Waals surface area contributed by atoms with Crippen LogP contribution in [-0.4, -0.2) is 89.4 Å². The van der Waals surface area contributed by atoms with E-state index in [9.17, 15) is 14.4 Å². The first-order valence-electron chi connectivity index (χ1n) is 14.3. The molecule has 42 heavy (non-hydrogen) atoms. The Morgan fingerprint density at radius 3 is 2.86 bits per heavy atom. The van der Waals surface area contributed by atoms with Crippen LogP contribution in [0.15, 0.2) is 24.9 Å². The number of rotatable bonds is 6. The number of halogens is 2. The van der Waals surface area contributed by atoms with Crippen molar-refractivity contribution < 1.29 is 13.9 Å². The fourth-order valence-electron chi connectivity index (χ4n) is 6.58. The number of piperazine rings is 1. The van der Waals surface area contributed by atoms with E-state index in [0.29, 0.717) is 68.4 Å². The predicted octanol–water partition coefficient (Wildman–Crippen LogP) is 3.88. The van der Waals surface area contributed by atoms with Crippen molar-refractivity contribution in [3.05, 3.63) is 52.6 Å². The van der Waals surface area contributed by atoms with Crippen molar-refractivity contribution in [2.75, 3.05) is 56.2 Å². The molecule has 0 unspecified atom stereocenters. The summed E-state index contributed by atoms with van der Waals surface area (Å²) in [4.78, 5) is 25.6. The number of hydrogen-bond donors (Lipinski definition) is 1. The number of fused-ring (bicyclic) bond motifs is 2. The molecule has 1 N–H and O–H groups in total. The number of H-pyrrole nitrogens is 1. The second kappa shape index (κ2) is 11.4. The molecule has 12 heteroatoms. The van der Waals surface area contributed by atoms with Crippen molar-refractivity contribution in [2.24, 2.45) is 0 Å². The van der Waals surface area contributed by atoms with E-state index < -0.39 is 5.82 Å². The number of anilines is 2. The summed E-state index contributed by atoms with van der Waals surface area (Å²) in [6.07, 6.45) is 5.71. The first kappa shape index (κ1) is 28.2. The number of aromatic amines is 1. The Hall–Kier alpha value is -3.88. The molecule has 3 aliphatic heterocycles. The van der Waals surface area contributed by atoms with Crippen LogP contribution in [0.4, 0.5) is 15.8 Å². The van der Waals surface area contributed by atoms with Crippen molar-refractivity contribution >= 4 is 39.8 Å². The highest BCUT2D eigenvalue weighted by Gasteiger charge is 2.34. The van der Waals surface area contributed by atoms with E-state index in [1.165, 1.54) is 12.1 Å². The van der Waals surface area contributed by atoms with E-state index in [1.54, 1.807) is 11.1 Å². The number of amides is 1. The largest absolute Gasteiger partial charge is 0.475 e. The second-order valence-electron chi connectivity index (χ2n) is 11.3. The molecule has 5 heterocycles. The predicted molar refractivity (Wildman–Crippen MR) is 159 cm³/mol. The normalized spacial score (nSPS) is 21.0. The zero-order chi connectivity index (χ0) is 29.5. The van der Waals surface area contributed by atoms with Gasteiger partial charge in [0.25, 0.3) is 0 Å². The maximum atomic E-state index is 14.8. The molecule has 3 aromatic rings. The van der Waals surface area contributed by atoms with Crippen LogP contribution >= 0.6 is 11.6 Å². The molecule has 2 fully saturated rings. The topological polar surface area (TPSA) is 105 Å². The fraction of sp³-hybridized carbons (Fsp3) is 0.467. The van der Waals surface area contributed by atoms with Gasteiger partial charge in [0.15, 0.2) is 0 Å². The molecule has 2 aromatic heterocycles. The Morgan fingerprint density at radius 2 is 2.14 bits per heavy atom. The summed E-state index contributed by atoms with van der Waals surface area (Å²) in [5.74, 6) is -0.310. The Morgan fingerprint density at radius 1 is 1.31 bits per heavy atom. The molecule has 3 aliphatic rings. The van der Waals surface area contributed by atoms with Crippen molar-refractivity contribution in [1.82, 2.24) is 25.0 Å². The molecule has 2 saturated heterocycles. The molecule has 0 spiro atoms. The van der Waals surface area contributed by atoms with Crippen LogP contribution in [0.1, 0.15) is 36.6 Å². The standard InChI is InChI=1S/C30H34ClFN8O2/c1-4-26(41)40-11-10-39(15-18(40)2)28-20-7-9-38(29-22-14-34-36-24(22)12-23(32)27(29)31)16-25(20)35-30(21(28)13-33)42-17-19-6-5-8-37(19)3/h4,12,14,18-19H,1,5-11,15-17H2,2-3H3,(H,34,36)/t18-,19-/m0/s1. The molecular weight excluding hydrogens is 559 g/mol. The molecular formula is C30H34ClFN8O2. The van der Waals surface area contributed by atoms with Gasteiger partial charge in [-0.2, -0.15) is 10.4 Å². The number of nitrogens with one attached hydrogen (secondary N) is 1. The van der Waals surface area contributed by atoms with Crippen molar-refractivity contribution in [3.8, 4) is 11.9 Å². The van der Waals surface area contributed by atoms with Crippen LogP contribution in [0.5, 0.6) is 5.88 Å². The van der Waals surface area contributed by atoms with Crippen LogP contribution in [0, 0.1) is 17.1 Å². The minimum atomic E-state index is -0.520. The molecule has 220 valence electrons. The second-order valence-corrected chi connectivity index (χ2v) is 11.7. The number of nitrogens with zero attached hydrogens (tertiary/aromatic N) is 7. The zero-order valence-electron chi connectivity index (χ0n) is 23.9. The van der Waals surface area contributed by atoms with Crippen molar-refractivity contribution in [3.63, 3.8) is 0 Å². The van der Waals surface area contributed by atoms with Crippen LogP contribution < -0.4 is 14.5 Å². The number of nitriles is 1. The Labute approximate surface area is 249 Å². The van der Waals surface area contributed by atoms with Crippen LogP contribution in [0.2, 0.25) is 5.02 Å². The Bertz CT molecular complexity index is 1590. The fourth-order valence-corrected chi connectivity index (χ4v) is 6.85. The van der Waals surface area contributed by atoms with Gasteiger partial charge in [0.05, 0.1) is 35.3 Å². The van der Waals surface area contributed by atoms with E-state index in [-0.39, 0.29) is 23.0 Å². The lowest BCUT2D eigenvalue weighted by Gasteiger charge is -2.42. The highest BCUT2D eigenvalue weighted by molar-refractivity contribution is 6.35. The molecule has 2 atom stereocenters. The number of likely N-dealkylation sites (N-methyl/N-ethyl adjacent to an activating group) is 1. The third-order valence-corrected chi connectivity index (χ3v) is 9.18. The van der Waals surface area contributed by atoms with Gasteiger partial charge in [-0.1, -0.05) is 18.2 Å². The van der Waals surface area contributed by atoms with Crippen LogP contribution in [-0.2, 0) is 17.8 Å². The average Bonchev–Trinajstić information content (AvgIpc) is 3.63. The van der Waals surface area contributed by atoms with Gasteiger partial charge in [0.1, 0.15) is 29.1 Å². The van der Waals surface area contributed by atoms with Gasteiger partial charge in [0, 0.05) is 55.3 Å². The van der Waals surface area contributed by atoms with E-state index in [4.69, 9.17) is 21.3 Å². The number of ether oxygens (including phenoxy) is 1. The molecule has 1 amide bonds. The number of hydrogen-bond acceptors (Lipinski definition) is 8. The number of carbonyl (C=O) groups is 1. The van der Waals surface area contributed by atoms with Gasteiger partial charge in [-0.25, -0.2) is 9.37 Å². The van der Waals surface area contributed by atoms with Crippen LogP contribution in [0.3, 0.4) is 0 Å². The lowest BCUT2D eigenvalue weighted by atomic mass is 9.97. The summed E-state index contributed by atoms with van der Waals surface area (Å²) < 4.78 is 21.1. The SMILES string of the molecule is C=CC(=O)N1CCN(c2c(C#N)c(OC[C@@H]3CCCN3C)nc3c2CCN(c2c(Cl)c(F)cc4[nH]ncc24)C3)C[C@@H]1C. The molecule has 0 aliphatic carbocycles. The number of aromatic nitrogens is 3. The van der Waals surface area contributed by atoms with E-state index >= 15 is 0 Å². The number of pyridine rings is 1. The minimum Gasteiger partial charge on any atom is -0.475 e. The number of carbonyl (C=O) groups excluding carboxylic acids is 1. The van der Waals surface area contributed by atoms with Gasteiger partial charge in [0.2, 0.25) is 11.8 Å². The van der Waals surface area contributed by atoms with Gasteiger partial charge in [-0.05, 0) is 45.9 Å². The molecule has 0 radical (unpaired) electrons. The lowest BCUT2D eigenvalue weighted by Crippen LogP contribution is -2.54. The average molecular weight is 593 g/mol. The van der Waals surface area contributed by atoms with Gasteiger partial charge < -0.3 is 24.3 Å². The lowest BCUT2D eigenvalue weighted by molar-refractivity contribution is -0.128. The Kier molecular flexibility index (Phi) is 7.68. The van der Waals surface area contributed by atoms with Gasteiger partial charge in [-0.3, -0.25) is 9.89 Å². The molecule has 0 saturated carbocycles. The Balaban J connectivity index is 1.40. The van der Waals surface area contributed by atoms with E-state index in [2.05, 4.69) is 39.7 Å². The van der Waals surface area contributed by atoms with Crippen molar-refractivity contribution in [2.45, 2.75) is 44.8 Å². The summed E-state index contributed by atoms with van der Waals surface area (Å²) in [6.45, 7) is 9.64. The molecule has 10 nitrogen and oxygen atoms in total. The number of benzene rings is 1. The van der Waals surface area contributed by atoms with Crippen molar-refractivity contribution in [1.29, 1.82) is 5.26 Å². The van der Waals surface area contributed by atoms with Crippen LogP contribution in [0.25, 0.3) is 10.9 Å². The zero-order valence-corrected chi connectivity index (χ0v) is 24.6. The molecule has 6 rings (SSSR count). The van der Waals surface area contributed by atoms with E-state index in [1.807, 2.05) is 11.8 Å². The summed E-state index contributed by atoms with van der Waals surface area (Å²) in [6, 6.07) is 3.94. The van der Waals surface area contributed by atoms with Gasteiger partial charge in [-0.15, -0.1) is 0 Å². The quantitative estimate of drug-likeness (QED) is 0.430. The molecule has 1 aromatic carbocycles. The van der Waals surface area contributed by atoms with E-state index in [0.717, 1.165) is 41.7 Å². The maximum Gasteiger partial charge on any atom is 0.246 e. The smallest absolute Gasteiger partial charge is 0.246 e.